The molecular formula is C21H14F4N2O2. The molecule has 0 aliphatic heterocycles. The van der Waals surface area contributed by atoms with Crippen LogP contribution in [0.15, 0.2) is 48.5 Å². The summed E-state index contributed by atoms with van der Waals surface area (Å²) in [6.45, 7) is -0.381. The molecule has 29 heavy (non-hydrogen) atoms. The molecule has 1 heterocycles. The number of hydrogen-bond donors (Lipinski definition) is 1. The average molecular weight is 402 g/mol. The lowest BCUT2D eigenvalue weighted by Crippen LogP contribution is -2.05. The molecule has 0 spiro atoms. The lowest BCUT2D eigenvalue weighted by atomic mass is 10.1. The monoisotopic (exact) mass is 402 g/mol. The molecule has 148 valence electrons. The minimum absolute atomic E-state index is 0.125. The third-order valence-electron chi connectivity index (χ3n) is 4.39. The number of aromatic amines is 1. The van der Waals surface area contributed by atoms with Gasteiger partial charge in [-0.2, -0.15) is 8.78 Å². The molecule has 0 saturated heterocycles. The van der Waals surface area contributed by atoms with Gasteiger partial charge < -0.3 is 14.5 Å². The van der Waals surface area contributed by atoms with Crippen molar-refractivity contribution in [3.63, 3.8) is 0 Å². The summed E-state index contributed by atoms with van der Waals surface area (Å²) in [6.07, 6.45) is 0. The fraction of sp³-hybridized carbons (Fsp3) is 0.0952. The van der Waals surface area contributed by atoms with E-state index in [2.05, 4.69) is 9.97 Å². The van der Waals surface area contributed by atoms with Gasteiger partial charge in [0.2, 0.25) is 11.6 Å². The highest BCUT2D eigenvalue weighted by atomic mass is 19.2. The molecule has 0 aliphatic rings. The molecule has 0 saturated carbocycles. The van der Waals surface area contributed by atoms with Crippen LogP contribution in [0.3, 0.4) is 0 Å². The molecule has 4 aromatic rings. The van der Waals surface area contributed by atoms with Gasteiger partial charge in [-0.25, -0.2) is 13.8 Å². The third-order valence-corrected chi connectivity index (χ3v) is 4.39. The summed E-state index contributed by atoms with van der Waals surface area (Å²) in [5.74, 6) is -6.46. The zero-order chi connectivity index (χ0) is 20.5. The number of rotatable bonds is 5. The maximum Gasteiger partial charge on any atom is 0.203 e. The molecule has 1 aromatic heterocycles. The van der Waals surface area contributed by atoms with Gasteiger partial charge in [0.25, 0.3) is 0 Å². The SMILES string of the molecule is COc1ccc(-c2nc3ccccc3[nH]2)cc1COc1c(F)c(F)cc(F)c1F. The Labute approximate surface area is 162 Å². The highest BCUT2D eigenvalue weighted by Crippen LogP contribution is 2.30. The first kappa shape index (κ1) is 18.8. The van der Waals surface area contributed by atoms with Crippen molar-refractivity contribution in [2.75, 3.05) is 7.11 Å². The second kappa shape index (κ2) is 7.46. The first-order valence-electron chi connectivity index (χ1n) is 8.55. The van der Waals surface area contributed by atoms with Crippen LogP contribution < -0.4 is 9.47 Å². The predicted molar refractivity (Wildman–Crippen MR) is 98.7 cm³/mol. The first-order chi connectivity index (χ1) is 14.0. The minimum atomic E-state index is -1.60. The van der Waals surface area contributed by atoms with Gasteiger partial charge in [-0.15, -0.1) is 0 Å². The summed E-state index contributed by atoms with van der Waals surface area (Å²) in [7, 11) is 1.42. The summed E-state index contributed by atoms with van der Waals surface area (Å²) in [4.78, 5) is 7.66. The molecule has 1 N–H and O–H groups in total. The van der Waals surface area contributed by atoms with Gasteiger partial charge in [0.1, 0.15) is 18.2 Å². The molecule has 0 unspecified atom stereocenters. The highest BCUT2D eigenvalue weighted by Gasteiger charge is 2.21. The molecule has 0 fully saturated rings. The molecule has 0 bridgehead atoms. The molecule has 4 nitrogen and oxygen atoms in total. The summed E-state index contributed by atoms with van der Waals surface area (Å²) in [5, 5.41) is 0. The van der Waals surface area contributed by atoms with Crippen molar-refractivity contribution >= 4 is 11.0 Å². The zero-order valence-corrected chi connectivity index (χ0v) is 15.1. The fourth-order valence-corrected chi connectivity index (χ4v) is 2.96. The number of nitrogens with one attached hydrogen (secondary N) is 1. The van der Waals surface area contributed by atoms with Crippen molar-refractivity contribution in [2.24, 2.45) is 0 Å². The molecule has 3 aromatic carbocycles. The highest BCUT2D eigenvalue weighted by molar-refractivity contribution is 5.79. The molecular weight excluding hydrogens is 388 g/mol. The number of para-hydroxylation sites is 2. The Bertz CT molecular complexity index is 1150. The summed E-state index contributed by atoms with van der Waals surface area (Å²) in [5.41, 5.74) is 2.70. The number of nitrogens with zero attached hydrogens (tertiary/aromatic N) is 1. The maximum absolute atomic E-state index is 13.8. The van der Waals surface area contributed by atoms with E-state index < -0.39 is 29.0 Å². The van der Waals surface area contributed by atoms with Crippen LogP contribution in [0.4, 0.5) is 17.6 Å². The Morgan fingerprint density at radius 2 is 1.66 bits per heavy atom. The lowest BCUT2D eigenvalue weighted by Gasteiger charge is -2.13. The second-order valence-corrected chi connectivity index (χ2v) is 6.22. The smallest absolute Gasteiger partial charge is 0.203 e. The standard InChI is InChI=1S/C21H14F4N2O2/c1-28-17-7-6-11(21-26-15-4-2-3-5-16(15)27-21)8-12(17)10-29-20-18(24)13(22)9-14(23)19(20)25/h2-9H,10H2,1H3,(H,26,27). The van der Waals surface area contributed by atoms with E-state index in [1.165, 1.54) is 7.11 Å². The van der Waals surface area contributed by atoms with Crippen LogP contribution in [0.1, 0.15) is 5.56 Å². The number of halogens is 4. The topological polar surface area (TPSA) is 47.1 Å². The van der Waals surface area contributed by atoms with Crippen LogP contribution in [0.25, 0.3) is 22.4 Å². The summed E-state index contributed by atoms with van der Waals surface area (Å²) >= 11 is 0. The van der Waals surface area contributed by atoms with E-state index in [4.69, 9.17) is 9.47 Å². The van der Waals surface area contributed by atoms with E-state index >= 15 is 0 Å². The quantitative estimate of drug-likeness (QED) is 0.360. The second-order valence-electron chi connectivity index (χ2n) is 6.22. The first-order valence-corrected chi connectivity index (χ1v) is 8.55. The van der Waals surface area contributed by atoms with Crippen LogP contribution >= 0.6 is 0 Å². The van der Waals surface area contributed by atoms with Crippen molar-refractivity contribution in [1.82, 2.24) is 9.97 Å². The van der Waals surface area contributed by atoms with Crippen molar-refractivity contribution in [3.8, 4) is 22.9 Å². The third kappa shape index (κ3) is 3.49. The van der Waals surface area contributed by atoms with E-state index in [0.717, 1.165) is 11.0 Å². The van der Waals surface area contributed by atoms with Gasteiger partial charge in [0, 0.05) is 17.2 Å². The van der Waals surface area contributed by atoms with Gasteiger partial charge in [-0.1, -0.05) is 12.1 Å². The number of H-pyrrole nitrogens is 1. The number of benzene rings is 3. The Balaban J connectivity index is 1.68. The molecule has 0 radical (unpaired) electrons. The zero-order valence-electron chi connectivity index (χ0n) is 15.1. The minimum Gasteiger partial charge on any atom is -0.496 e. The summed E-state index contributed by atoms with van der Waals surface area (Å²) < 4.78 is 64.7. The van der Waals surface area contributed by atoms with Crippen LogP contribution in [0, 0.1) is 23.3 Å². The van der Waals surface area contributed by atoms with E-state index in [1.54, 1.807) is 18.2 Å². The van der Waals surface area contributed by atoms with Crippen LogP contribution in [-0.4, -0.2) is 17.1 Å². The molecule has 4 rings (SSSR count). The number of aromatic nitrogens is 2. The number of methoxy groups -OCH3 is 1. The Morgan fingerprint density at radius 3 is 2.34 bits per heavy atom. The van der Waals surface area contributed by atoms with Crippen molar-refractivity contribution in [2.45, 2.75) is 6.61 Å². The van der Waals surface area contributed by atoms with E-state index in [9.17, 15) is 17.6 Å². The van der Waals surface area contributed by atoms with Gasteiger partial charge in [0.05, 0.1) is 18.1 Å². The van der Waals surface area contributed by atoms with Crippen LogP contribution in [0.2, 0.25) is 0 Å². The number of fused-ring (bicyclic) bond motifs is 1. The van der Waals surface area contributed by atoms with Gasteiger partial charge in [-0.05, 0) is 30.3 Å². The Kier molecular flexibility index (Phi) is 4.84. The van der Waals surface area contributed by atoms with E-state index in [1.807, 2.05) is 24.3 Å². The fourth-order valence-electron chi connectivity index (χ4n) is 2.96. The van der Waals surface area contributed by atoms with E-state index in [-0.39, 0.29) is 12.7 Å². The molecule has 0 atom stereocenters. The molecule has 8 heteroatoms. The number of hydrogen-bond acceptors (Lipinski definition) is 3. The van der Waals surface area contributed by atoms with Crippen LogP contribution in [0.5, 0.6) is 11.5 Å². The van der Waals surface area contributed by atoms with E-state index in [0.29, 0.717) is 22.7 Å². The van der Waals surface area contributed by atoms with Crippen molar-refractivity contribution in [3.05, 3.63) is 77.4 Å². The summed E-state index contributed by atoms with van der Waals surface area (Å²) in [6, 6.07) is 12.6. The van der Waals surface area contributed by atoms with Crippen LogP contribution in [-0.2, 0) is 6.61 Å². The number of imidazole rings is 1. The number of ether oxygens (including phenoxy) is 2. The Hall–Kier alpha value is -3.55. The van der Waals surface area contributed by atoms with Crippen molar-refractivity contribution < 1.29 is 27.0 Å². The normalized spacial score (nSPS) is 11.1. The van der Waals surface area contributed by atoms with Gasteiger partial charge in [-0.3, -0.25) is 0 Å². The maximum atomic E-state index is 13.8. The van der Waals surface area contributed by atoms with Crippen molar-refractivity contribution in [1.29, 1.82) is 0 Å². The predicted octanol–water partition coefficient (Wildman–Crippen LogP) is 5.37. The van der Waals surface area contributed by atoms with Gasteiger partial charge >= 0.3 is 0 Å². The average Bonchev–Trinajstić information content (AvgIpc) is 3.16. The largest absolute Gasteiger partial charge is 0.496 e. The van der Waals surface area contributed by atoms with Gasteiger partial charge in [0.15, 0.2) is 17.4 Å². The lowest BCUT2D eigenvalue weighted by molar-refractivity contribution is 0.257. The molecule has 0 amide bonds. The Morgan fingerprint density at radius 1 is 0.931 bits per heavy atom. The molecule has 0 aliphatic carbocycles.